The van der Waals surface area contributed by atoms with Gasteiger partial charge in [-0.1, -0.05) is 19.0 Å². The molecule has 0 atom stereocenters. The van der Waals surface area contributed by atoms with Gasteiger partial charge in [-0.3, -0.25) is 0 Å². The molecule has 25 heavy (non-hydrogen) atoms. The topological polar surface area (TPSA) is 62.5 Å². The van der Waals surface area contributed by atoms with Crippen LogP contribution in [-0.4, -0.2) is 17.7 Å². The van der Waals surface area contributed by atoms with Crippen molar-refractivity contribution >= 4 is 41.3 Å². The zero-order valence-electron chi connectivity index (χ0n) is 15.5. The average Bonchev–Trinajstić information content (AvgIpc) is 3.21. The van der Waals surface area contributed by atoms with Gasteiger partial charge < -0.3 is 15.2 Å². The highest BCUT2D eigenvalue weighted by atomic mass is 127. The van der Waals surface area contributed by atoms with E-state index in [9.17, 15) is 0 Å². The summed E-state index contributed by atoms with van der Waals surface area (Å²) in [5, 5.41) is 10.8. The lowest BCUT2D eigenvalue weighted by atomic mass is 9.99. The van der Waals surface area contributed by atoms with E-state index in [2.05, 4.69) is 60.6 Å². The third kappa shape index (κ3) is 6.97. The maximum atomic E-state index is 5.43. The van der Waals surface area contributed by atoms with E-state index in [4.69, 9.17) is 4.52 Å². The zero-order valence-corrected chi connectivity index (χ0v) is 18.6. The van der Waals surface area contributed by atoms with Crippen LogP contribution in [-0.2, 0) is 13.1 Å². The summed E-state index contributed by atoms with van der Waals surface area (Å²) in [5.41, 5.74) is 1.04. The molecule has 0 bridgehead atoms. The fourth-order valence-corrected chi connectivity index (χ4v) is 3.38. The number of aliphatic imine (C=N–C) groups is 1. The molecule has 7 heteroatoms. The summed E-state index contributed by atoms with van der Waals surface area (Å²) in [6.45, 7) is 10.6. The maximum Gasteiger partial charge on any atom is 0.191 e. The van der Waals surface area contributed by atoms with Crippen molar-refractivity contribution in [2.75, 3.05) is 6.54 Å². The molecule has 0 aliphatic carbocycles. The second-order valence-electron chi connectivity index (χ2n) is 5.79. The van der Waals surface area contributed by atoms with E-state index >= 15 is 0 Å². The van der Waals surface area contributed by atoms with Gasteiger partial charge in [0.05, 0.1) is 12.2 Å². The first-order chi connectivity index (χ1) is 11.7. The van der Waals surface area contributed by atoms with E-state index < -0.39 is 0 Å². The van der Waals surface area contributed by atoms with Crippen LogP contribution in [0.15, 0.2) is 27.7 Å². The number of thiophene rings is 1. The molecule has 0 amide bonds. The maximum absolute atomic E-state index is 5.43. The molecule has 2 aromatic rings. The Morgan fingerprint density at radius 3 is 2.60 bits per heavy atom. The predicted octanol–water partition coefficient (Wildman–Crippen LogP) is 4.82. The Bertz CT molecular complexity index is 649. The SMILES string of the molecule is CCNC(=NCc1cc(C(CC)CC)no1)NCc1ccc(C)s1.I. The van der Waals surface area contributed by atoms with Gasteiger partial charge in [0.15, 0.2) is 11.7 Å². The fourth-order valence-electron chi connectivity index (χ4n) is 2.55. The van der Waals surface area contributed by atoms with Crippen molar-refractivity contribution in [2.45, 2.75) is 59.5 Å². The largest absolute Gasteiger partial charge is 0.359 e. The second-order valence-corrected chi connectivity index (χ2v) is 7.17. The lowest BCUT2D eigenvalue weighted by molar-refractivity contribution is 0.372. The second kappa shape index (κ2) is 11.5. The van der Waals surface area contributed by atoms with Crippen molar-refractivity contribution < 1.29 is 4.52 Å². The number of nitrogens with one attached hydrogen (secondary N) is 2. The molecule has 0 aliphatic heterocycles. The Morgan fingerprint density at radius 1 is 1.24 bits per heavy atom. The summed E-state index contributed by atoms with van der Waals surface area (Å²) in [4.78, 5) is 7.22. The smallest absolute Gasteiger partial charge is 0.191 e. The summed E-state index contributed by atoms with van der Waals surface area (Å²) < 4.78 is 5.43. The van der Waals surface area contributed by atoms with Crippen LogP contribution in [0.25, 0.3) is 0 Å². The van der Waals surface area contributed by atoms with E-state index in [0.717, 1.165) is 43.3 Å². The first-order valence-corrected chi connectivity index (χ1v) is 9.50. The number of nitrogens with zero attached hydrogens (tertiary/aromatic N) is 2. The number of rotatable bonds is 8. The zero-order chi connectivity index (χ0) is 17.4. The molecule has 2 aromatic heterocycles. The number of halogens is 1. The lowest BCUT2D eigenvalue weighted by Gasteiger charge is -2.09. The first kappa shape index (κ1) is 22.0. The standard InChI is InChI=1S/C18H28N4OS.HI/c1-5-14(6-2)17-10-15(23-22-17)11-20-18(19-7-3)21-12-16-9-8-13(4)24-16;/h8-10,14H,5-7,11-12H2,1-4H3,(H2,19,20,21);1H. The van der Waals surface area contributed by atoms with Crippen LogP contribution < -0.4 is 10.6 Å². The Labute approximate surface area is 171 Å². The van der Waals surface area contributed by atoms with Gasteiger partial charge in [-0.05, 0) is 38.8 Å². The van der Waals surface area contributed by atoms with Gasteiger partial charge in [0.2, 0.25) is 0 Å². The monoisotopic (exact) mass is 476 g/mol. The Kier molecular flexibility index (Phi) is 10.1. The molecular formula is C18H29IN4OS. The van der Waals surface area contributed by atoms with Crippen LogP contribution >= 0.6 is 35.3 Å². The van der Waals surface area contributed by atoms with Crippen molar-refractivity contribution in [1.82, 2.24) is 15.8 Å². The first-order valence-electron chi connectivity index (χ1n) is 8.69. The molecule has 2 heterocycles. The molecule has 0 unspecified atom stereocenters. The Morgan fingerprint density at radius 2 is 2.00 bits per heavy atom. The third-order valence-electron chi connectivity index (χ3n) is 3.94. The molecule has 0 aromatic carbocycles. The molecule has 0 aliphatic rings. The van der Waals surface area contributed by atoms with Crippen LogP contribution in [0.5, 0.6) is 0 Å². The summed E-state index contributed by atoms with van der Waals surface area (Å²) in [6.07, 6.45) is 2.16. The van der Waals surface area contributed by atoms with Gasteiger partial charge in [-0.25, -0.2) is 4.99 Å². The molecule has 2 N–H and O–H groups in total. The molecular weight excluding hydrogens is 447 g/mol. The number of hydrogen-bond donors (Lipinski definition) is 2. The van der Waals surface area contributed by atoms with Crippen LogP contribution in [0.3, 0.4) is 0 Å². The molecule has 0 radical (unpaired) electrons. The fraction of sp³-hybridized carbons (Fsp3) is 0.556. The molecule has 0 fully saturated rings. The van der Waals surface area contributed by atoms with Gasteiger partial charge in [-0.2, -0.15) is 0 Å². The number of aromatic nitrogens is 1. The number of hydrogen-bond acceptors (Lipinski definition) is 4. The van der Waals surface area contributed by atoms with E-state index in [1.807, 2.05) is 6.07 Å². The van der Waals surface area contributed by atoms with Crippen molar-refractivity contribution in [2.24, 2.45) is 4.99 Å². The summed E-state index contributed by atoms with van der Waals surface area (Å²) >= 11 is 1.80. The summed E-state index contributed by atoms with van der Waals surface area (Å²) in [5.74, 6) is 2.07. The molecule has 0 spiro atoms. The highest BCUT2D eigenvalue weighted by Gasteiger charge is 2.12. The van der Waals surface area contributed by atoms with Gasteiger partial charge in [-0.15, -0.1) is 35.3 Å². The quantitative estimate of drug-likeness (QED) is 0.326. The van der Waals surface area contributed by atoms with Crippen LogP contribution in [0.4, 0.5) is 0 Å². The van der Waals surface area contributed by atoms with Crippen molar-refractivity contribution in [1.29, 1.82) is 0 Å². The summed E-state index contributed by atoms with van der Waals surface area (Å²) in [7, 11) is 0. The third-order valence-corrected chi connectivity index (χ3v) is 4.95. The van der Waals surface area contributed by atoms with E-state index in [1.165, 1.54) is 9.75 Å². The van der Waals surface area contributed by atoms with Crippen molar-refractivity contribution in [3.8, 4) is 0 Å². The minimum absolute atomic E-state index is 0. The lowest BCUT2D eigenvalue weighted by Crippen LogP contribution is -2.36. The molecule has 0 saturated heterocycles. The van der Waals surface area contributed by atoms with Crippen LogP contribution in [0.1, 0.15) is 60.7 Å². The normalized spacial score (nSPS) is 11.5. The van der Waals surface area contributed by atoms with Gasteiger partial charge in [0, 0.05) is 28.3 Å². The minimum Gasteiger partial charge on any atom is -0.359 e. The summed E-state index contributed by atoms with van der Waals surface area (Å²) in [6, 6.07) is 6.32. The average molecular weight is 476 g/mol. The van der Waals surface area contributed by atoms with E-state index in [1.54, 1.807) is 11.3 Å². The predicted molar refractivity (Wildman–Crippen MR) is 116 cm³/mol. The molecule has 0 saturated carbocycles. The number of guanidine groups is 1. The minimum atomic E-state index is 0. The highest BCUT2D eigenvalue weighted by molar-refractivity contribution is 14.0. The molecule has 2 rings (SSSR count). The van der Waals surface area contributed by atoms with Gasteiger partial charge in [0.1, 0.15) is 6.54 Å². The van der Waals surface area contributed by atoms with Gasteiger partial charge >= 0.3 is 0 Å². The number of aryl methyl sites for hydroxylation is 1. The van der Waals surface area contributed by atoms with E-state index in [-0.39, 0.29) is 24.0 Å². The van der Waals surface area contributed by atoms with Gasteiger partial charge in [0.25, 0.3) is 0 Å². The van der Waals surface area contributed by atoms with Crippen LogP contribution in [0.2, 0.25) is 0 Å². The Hall–Kier alpha value is -1.09. The van der Waals surface area contributed by atoms with E-state index in [0.29, 0.717) is 12.5 Å². The molecule has 140 valence electrons. The van der Waals surface area contributed by atoms with Crippen molar-refractivity contribution in [3.63, 3.8) is 0 Å². The molecule has 5 nitrogen and oxygen atoms in total. The Balaban J connectivity index is 0.00000312. The highest BCUT2D eigenvalue weighted by Crippen LogP contribution is 2.22. The van der Waals surface area contributed by atoms with Crippen molar-refractivity contribution in [3.05, 3.63) is 39.4 Å². The van der Waals surface area contributed by atoms with Crippen LogP contribution in [0, 0.1) is 6.92 Å².